The smallest absolute Gasteiger partial charge is 0.231 e. The molecule has 0 saturated carbocycles. The van der Waals surface area contributed by atoms with E-state index in [1.54, 1.807) is 18.4 Å². The molecule has 0 radical (unpaired) electrons. The minimum absolute atomic E-state index is 0.0245. The molecular weight excluding hydrogens is 382 g/mol. The first kappa shape index (κ1) is 18.4. The van der Waals surface area contributed by atoms with Gasteiger partial charge in [-0.05, 0) is 55.5 Å². The zero-order valence-corrected chi connectivity index (χ0v) is 17.5. The van der Waals surface area contributed by atoms with Gasteiger partial charge in [-0.1, -0.05) is 29.5 Å². The van der Waals surface area contributed by atoms with Crippen LogP contribution in [0.1, 0.15) is 24.8 Å². The van der Waals surface area contributed by atoms with Gasteiger partial charge in [0.15, 0.2) is 5.13 Å². The first-order chi connectivity index (χ1) is 14.2. The van der Waals surface area contributed by atoms with Crippen LogP contribution in [0.5, 0.6) is 5.75 Å². The molecule has 1 aromatic heterocycles. The number of aromatic nitrogens is 1. The summed E-state index contributed by atoms with van der Waals surface area (Å²) in [6, 6.07) is 14.3. The number of amides is 1. The fourth-order valence-electron chi connectivity index (χ4n) is 4.49. The lowest BCUT2D eigenvalue weighted by Gasteiger charge is -2.37. The maximum atomic E-state index is 13.4. The van der Waals surface area contributed by atoms with Crippen molar-refractivity contribution in [2.24, 2.45) is 5.92 Å². The molecule has 3 aromatic rings. The predicted octanol–water partition coefficient (Wildman–Crippen LogP) is 4.50. The van der Waals surface area contributed by atoms with Crippen LogP contribution >= 0.6 is 11.3 Å². The van der Waals surface area contributed by atoms with Crippen molar-refractivity contribution in [2.75, 3.05) is 36.5 Å². The van der Waals surface area contributed by atoms with Gasteiger partial charge in [0.05, 0.1) is 23.2 Å². The van der Waals surface area contributed by atoms with Crippen LogP contribution in [0.2, 0.25) is 0 Å². The van der Waals surface area contributed by atoms with Gasteiger partial charge in [-0.25, -0.2) is 4.98 Å². The summed E-state index contributed by atoms with van der Waals surface area (Å²) < 4.78 is 6.46. The maximum Gasteiger partial charge on any atom is 0.231 e. The highest BCUT2D eigenvalue weighted by Gasteiger charge is 2.32. The molecule has 2 aromatic carbocycles. The topological polar surface area (TPSA) is 45.7 Å². The number of nitrogens with zero attached hydrogens (tertiary/aromatic N) is 3. The van der Waals surface area contributed by atoms with E-state index in [0.717, 1.165) is 72.1 Å². The van der Waals surface area contributed by atoms with E-state index < -0.39 is 0 Å². The molecule has 0 bridgehead atoms. The van der Waals surface area contributed by atoms with Crippen molar-refractivity contribution >= 4 is 38.3 Å². The van der Waals surface area contributed by atoms with Crippen LogP contribution in [-0.2, 0) is 11.2 Å². The van der Waals surface area contributed by atoms with Crippen molar-refractivity contribution in [2.45, 2.75) is 25.7 Å². The highest BCUT2D eigenvalue weighted by molar-refractivity contribution is 7.22. The number of hydrogen-bond donors (Lipinski definition) is 0. The second-order valence-electron chi connectivity index (χ2n) is 7.84. The Morgan fingerprint density at radius 1 is 1.17 bits per heavy atom. The van der Waals surface area contributed by atoms with E-state index in [2.05, 4.69) is 23.1 Å². The third-order valence-corrected chi connectivity index (χ3v) is 7.08. The summed E-state index contributed by atoms with van der Waals surface area (Å²) in [6.45, 7) is 2.53. The summed E-state index contributed by atoms with van der Waals surface area (Å²) in [6.07, 6.45) is 4.07. The van der Waals surface area contributed by atoms with Crippen molar-refractivity contribution in [1.29, 1.82) is 0 Å². The SMILES string of the molecule is COc1ccc2nc(N3CCCC(C(=O)N4CCCc5ccccc54)C3)sc2c1. The van der Waals surface area contributed by atoms with Gasteiger partial charge in [-0.2, -0.15) is 0 Å². The Balaban J connectivity index is 1.36. The van der Waals surface area contributed by atoms with Gasteiger partial charge in [0.25, 0.3) is 0 Å². The zero-order chi connectivity index (χ0) is 19.8. The Kier molecular flexibility index (Phi) is 4.87. The molecule has 3 heterocycles. The first-order valence-electron chi connectivity index (χ1n) is 10.3. The molecule has 5 rings (SSSR count). The Morgan fingerprint density at radius 3 is 2.97 bits per heavy atom. The van der Waals surface area contributed by atoms with Crippen LogP contribution in [-0.4, -0.2) is 37.6 Å². The van der Waals surface area contributed by atoms with E-state index in [1.165, 1.54) is 5.56 Å². The molecule has 0 N–H and O–H groups in total. The van der Waals surface area contributed by atoms with Crippen molar-refractivity contribution in [3.05, 3.63) is 48.0 Å². The molecule has 2 aliphatic heterocycles. The average molecular weight is 408 g/mol. The largest absolute Gasteiger partial charge is 0.497 e. The highest BCUT2D eigenvalue weighted by Crippen LogP contribution is 2.35. The number of ether oxygens (including phenoxy) is 1. The third kappa shape index (κ3) is 3.46. The van der Waals surface area contributed by atoms with Gasteiger partial charge in [0.2, 0.25) is 5.91 Å². The van der Waals surface area contributed by atoms with Gasteiger partial charge >= 0.3 is 0 Å². The van der Waals surface area contributed by atoms with Crippen molar-refractivity contribution < 1.29 is 9.53 Å². The summed E-state index contributed by atoms with van der Waals surface area (Å²) in [7, 11) is 1.68. The van der Waals surface area contributed by atoms with E-state index in [1.807, 2.05) is 29.2 Å². The molecule has 150 valence electrons. The van der Waals surface area contributed by atoms with E-state index in [0.29, 0.717) is 0 Å². The van der Waals surface area contributed by atoms with Crippen LogP contribution in [0.15, 0.2) is 42.5 Å². The Labute approximate surface area is 174 Å². The summed E-state index contributed by atoms with van der Waals surface area (Å²) in [4.78, 5) is 22.5. The van der Waals surface area contributed by atoms with E-state index in [4.69, 9.17) is 9.72 Å². The minimum atomic E-state index is 0.0245. The fraction of sp³-hybridized carbons (Fsp3) is 0.391. The number of anilines is 2. The second-order valence-corrected chi connectivity index (χ2v) is 8.85. The van der Waals surface area contributed by atoms with E-state index >= 15 is 0 Å². The lowest BCUT2D eigenvalue weighted by atomic mass is 9.94. The molecule has 0 spiro atoms. The number of piperidine rings is 1. The Hall–Kier alpha value is -2.60. The molecule has 6 heteroatoms. The monoisotopic (exact) mass is 407 g/mol. The number of aryl methyl sites for hydroxylation is 1. The number of para-hydroxylation sites is 1. The molecule has 1 amide bonds. The van der Waals surface area contributed by atoms with Gasteiger partial charge in [-0.3, -0.25) is 4.79 Å². The van der Waals surface area contributed by atoms with Crippen LogP contribution in [0.4, 0.5) is 10.8 Å². The van der Waals surface area contributed by atoms with E-state index in [-0.39, 0.29) is 11.8 Å². The number of carbonyl (C=O) groups is 1. The summed E-state index contributed by atoms with van der Waals surface area (Å²) in [5.41, 5.74) is 3.39. The number of rotatable bonds is 3. The fourth-order valence-corrected chi connectivity index (χ4v) is 5.52. The van der Waals surface area contributed by atoms with Crippen molar-refractivity contribution in [1.82, 2.24) is 4.98 Å². The number of thiazole rings is 1. The van der Waals surface area contributed by atoms with Gasteiger partial charge in [0, 0.05) is 25.3 Å². The summed E-state index contributed by atoms with van der Waals surface area (Å²) in [5, 5.41) is 1.00. The lowest BCUT2D eigenvalue weighted by Crippen LogP contribution is -2.46. The van der Waals surface area contributed by atoms with Gasteiger partial charge in [-0.15, -0.1) is 0 Å². The normalized spacial score (nSPS) is 19.3. The molecule has 0 aliphatic carbocycles. The standard InChI is InChI=1S/C23H25N3O2S/c1-28-18-10-11-19-21(14-18)29-23(24-19)25-12-4-8-17(15-25)22(27)26-13-5-7-16-6-2-3-9-20(16)26/h2-3,6,9-11,14,17H,4-5,7-8,12-13,15H2,1H3. The number of carbonyl (C=O) groups excluding carboxylic acids is 1. The van der Waals surface area contributed by atoms with Crippen LogP contribution < -0.4 is 14.5 Å². The molecule has 2 aliphatic rings. The van der Waals surface area contributed by atoms with Crippen LogP contribution in [0, 0.1) is 5.92 Å². The zero-order valence-electron chi connectivity index (χ0n) is 16.6. The number of fused-ring (bicyclic) bond motifs is 2. The minimum Gasteiger partial charge on any atom is -0.497 e. The maximum absolute atomic E-state index is 13.4. The highest BCUT2D eigenvalue weighted by atomic mass is 32.1. The molecule has 5 nitrogen and oxygen atoms in total. The second kappa shape index (κ2) is 7.67. The number of hydrogen-bond acceptors (Lipinski definition) is 5. The molecule has 1 atom stereocenters. The molecular formula is C23H25N3O2S. The van der Waals surface area contributed by atoms with Crippen LogP contribution in [0.25, 0.3) is 10.2 Å². The van der Waals surface area contributed by atoms with Crippen molar-refractivity contribution in [3.8, 4) is 5.75 Å². The number of benzene rings is 2. The van der Waals surface area contributed by atoms with Crippen molar-refractivity contribution in [3.63, 3.8) is 0 Å². The third-order valence-electron chi connectivity index (χ3n) is 6.00. The predicted molar refractivity (Wildman–Crippen MR) is 118 cm³/mol. The average Bonchev–Trinajstić information content (AvgIpc) is 3.21. The Morgan fingerprint density at radius 2 is 2.07 bits per heavy atom. The quantitative estimate of drug-likeness (QED) is 0.641. The first-order valence-corrected chi connectivity index (χ1v) is 11.1. The lowest BCUT2D eigenvalue weighted by molar-refractivity contribution is -0.122. The molecule has 1 unspecified atom stereocenters. The van der Waals surface area contributed by atoms with Crippen LogP contribution in [0.3, 0.4) is 0 Å². The Bertz CT molecular complexity index is 1050. The summed E-state index contributed by atoms with van der Waals surface area (Å²) in [5.74, 6) is 1.14. The van der Waals surface area contributed by atoms with Gasteiger partial charge in [0.1, 0.15) is 5.75 Å². The molecule has 1 saturated heterocycles. The van der Waals surface area contributed by atoms with Gasteiger partial charge < -0.3 is 14.5 Å². The molecule has 1 fully saturated rings. The molecule has 29 heavy (non-hydrogen) atoms. The number of methoxy groups -OCH3 is 1. The summed E-state index contributed by atoms with van der Waals surface area (Å²) >= 11 is 1.68. The van der Waals surface area contributed by atoms with E-state index in [9.17, 15) is 4.79 Å².